The molecule has 3 aliphatic rings. The van der Waals surface area contributed by atoms with E-state index in [9.17, 15) is 19.5 Å². The molecule has 3 rings (SSSR count). The van der Waals surface area contributed by atoms with Crippen LogP contribution in [0.2, 0.25) is 0 Å². The smallest absolute Gasteiger partial charge is 0.303 e. The van der Waals surface area contributed by atoms with E-state index in [1.54, 1.807) is 0 Å². The maximum atomic E-state index is 12.4. The number of aliphatic carboxylic acids is 1. The molecule has 3 unspecified atom stereocenters. The monoisotopic (exact) mass is 351 g/mol. The first-order valence-electron chi connectivity index (χ1n) is 9.49. The summed E-state index contributed by atoms with van der Waals surface area (Å²) in [7, 11) is 0. The van der Waals surface area contributed by atoms with Gasteiger partial charge in [-0.2, -0.15) is 0 Å². The van der Waals surface area contributed by atoms with Crippen LogP contribution in [0.1, 0.15) is 44.9 Å². The van der Waals surface area contributed by atoms with E-state index < -0.39 is 5.97 Å². The molecule has 0 radical (unpaired) electrons. The fraction of sp³-hybridized carbons (Fsp3) is 0.833. The summed E-state index contributed by atoms with van der Waals surface area (Å²) in [5.41, 5.74) is 5.48. The van der Waals surface area contributed by atoms with Gasteiger partial charge in [0.25, 0.3) is 0 Å². The molecule has 0 bridgehead atoms. The summed E-state index contributed by atoms with van der Waals surface area (Å²) in [5.74, 6) is -0.302. The highest BCUT2D eigenvalue weighted by Crippen LogP contribution is 2.35. The third-order valence-corrected chi connectivity index (χ3v) is 6.05. The molecule has 0 aromatic heterocycles. The molecule has 2 heterocycles. The van der Waals surface area contributed by atoms with E-state index in [1.807, 2.05) is 4.90 Å². The maximum Gasteiger partial charge on any atom is 0.303 e. The molecule has 1 saturated carbocycles. The molecule has 1 aliphatic carbocycles. The summed E-state index contributed by atoms with van der Waals surface area (Å²) >= 11 is 0. The maximum absolute atomic E-state index is 12.4. The van der Waals surface area contributed by atoms with Crippen LogP contribution in [0.4, 0.5) is 0 Å². The van der Waals surface area contributed by atoms with Crippen LogP contribution in [0.5, 0.6) is 0 Å². The van der Waals surface area contributed by atoms with Crippen molar-refractivity contribution in [1.29, 1.82) is 0 Å². The van der Waals surface area contributed by atoms with Gasteiger partial charge in [-0.25, -0.2) is 0 Å². The minimum absolute atomic E-state index is 0.107. The highest BCUT2D eigenvalue weighted by Gasteiger charge is 2.39. The topological polar surface area (TPSA) is 104 Å². The molecule has 2 saturated heterocycles. The summed E-state index contributed by atoms with van der Waals surface area (Å²) in [6, 6.07) is -0.189. The number of carbonyl (C=O) groups is 3. The van der Waals surface area contributed by atoms with E-state index >= 15 is 0 Å². The van der Waals surface area contributed by atoms with E-state index in [4.69, 9.17) is 5.73 Å². The van der Waals surface area contributed by atoms with Crippen molar-refractivity contribution in [3.8, 4) is 0 Å². The quantitative estimate of drug-likeness (QED) is 0.702. The number of hydrogen-bond acceptors (Lipinski definition) is 4. The fourth-order valence-corrected chi connectivity index (χ4v) is 4.44. The molecule has 3 N–H and O–H groups in total. The molecular weight excluding hydrogens is 322 g/mol. The second-order valence-corrected chi connectivity index (χ2v) is 7.85. The van der Waals surface area contributed by atoms with Gasteiger partial charge in [0.2, 0.25) is 11.8 Å². The Hall–Kier alpha value is -1.63. The Morgan fingerprint density at radius 3 is 2.44 bits per heavy atom. The summed E-state index contributed by atoms with van der Waals surface area (Å²) in [6.45, 7) is 2.95. The number of nitrogens with two attached hydrogens (primary N) is 1. The highest BCUT2D eigenvalue weighted by atomic mass is 16.4. The minimum atomic E-state index is -0.770. The van der Waals surface area contributed by atoms with E-state index in [1.165, 1.54) is 0 Å². The fourth-order valence-electron chi connectivity index (χ4n) is 4.44. The van der Waals surface area contributed by atoms with Crippen LogP contribution in [-0.4, -0.2) is 64.9 Å². The lowest BCUT2D eigenvalue weighted by Crippen LogP contribution is -2.47. The molecule has 7 nitrogen and oxygen atoms in total. The van der Waals surface area contributed by atoms with Crippen molar-refractivity contribution >= 4 is 17.8 Å². The van der Waals surface area contributed by atoms with Crippen molar-refractivity contribution in [2.24, 2.45) is 23.5 Å². The van der Waals surface area contributed by atoms with Crippen LogP contribution in [0, 0.1) is 17.8 Å². The standard InChI is InChI=1S/C18H29N3O4/c19-17(24)15-2-1-7-20(15)8-6-14-11-21(18(25)12-3-4-12)9-5-13(14)10-16(22)23/h12-15H,1-11H2,(H2,19,24)(H,22,23). The van der Waals surface area contributed by atoms with Crippen molar-refractivity contribution in [2.45, 2.75) is 51.0 Å². The number of hydrogen-bond donors (Lipinski definition) is 2. The van der Waals surface area contributed by atoms with E-state index in [0.717, 1.165) is 51.6 Å². The number of carbonyl (C=O) groups excluding carboxylic acids is 2. The van der Waals surface area contributed by atoms with Gasteiger partial charge >= 0.3 is 5.97 Å². The summed E-state index contributed by atoms with van der Waals surface area (Å²) in [5, 5.41) is 9.20. The average molecular weight is 351 g/mol. The number of amides is 2. The van der Waals surface area contributed by atoms with E-state index in [2.05, 4.69) is 4.90 Å². The summed E-state index contributed by atoms with van der Waals surface area (Å²) in [6.07, 6.45) is 5.51. The molecular formula is C18H29N3O4. The Labute approximate surface area is 148 Å². The Morgan fingerprint density at radius 2 is 1.80 bits per heavy atom. The lowest BCUT2D eigenvalue weighted by atomic mass is 9.81. The van der Waals surface area contributed by atoms with Crippen molar-refractivity contribution < 1.29 is 19.5 Å². The van der Waals surface area contributed by atoms with Crippen LogP contribution >= 0.6 is 0 Å². The van der Waals surface area contributed by atoms with Crippen LogP contribution < -0.4 is 5.73 Å². The third-order valence-electron chi connectivity index (χ3n) is 6.05. The van der Waals surface area contributed by atoms with Crippen molar-refractivity contribution in [3.63, 3.8) is 0 Å². The Kier molecular flexibility index (Phi) is 5.61. The van der Waals surface area contributed by atoms with Gasteiger partial charge < -0.3 is 15.7 Å². The predicted octanol–water partition coefficient (Wildman–Crippen LogP) is 0.676. The zero-order chi connectivity index (χ0) is 18.0. The zero-order valence-electron chi connectivity index (χ0n) is 14.7. The second-order valence-electron chi connectivity index (χ2n) is 7.85. The molecule has 140 valence electrons. The third kappa shape index (κ3) is 4.51. The van der Waals surface area contributed by atoms with E-state index in [0.29, 0.717) is 13.1 Å². The average Bonchev–Trinajstić information content (AvgIpc) is 3.30. The van der Waals surface area contributed by atoms with Gasteiger partial charge in [-0.3, -0.25) is 19.3 Å². The van der Waals surface area contributed by atoms with Crippen LogP contribution in [0.3, 0.4) is 0 Å². The molecule has 25 heavy (non-hydrogen) atoms. The van der Waals surface area contributed by atoms with Gasteiger partial charge in [0.1, 0.15) is 0 Å². The SMILES string of the molecule is NC(=O)C1CCCN1CCC1CN(C(=O)C2CC2)CCC1CC(=O)O. The molecule has 3 atom stereocenters. The summed E-state index contributed by atoms with van der Waals surface area (Å²) < 4.78 is 0. The van der Waals surface area contributed by atoms with Gasteiger partial charge in [0.05, 0.1) is 6.04 Å². The molecule has 3 fully saturated rings. The van der Waals surface area contributed by atoms with Crippen LogP contribution in [-0.2, 0) is 14.4 Å². The molecule has 0 aromatic carbocycles. The predicted molar refractivity (Wildman–Crippen MR) is 91.6 cm³/mol. The molecule has 0 spiro atoms. The van der Waals surface area contributed by atoms with Crippen LogP contribution in [0.15, 0.2) is 0 Å². The van der Waals surface area contributed by atoms with Crippen LogP contribution in [0.25, 0.3) is 0 Å². The van der Waals surface area contributed by atoms with Gasteiger partial charge in [-0.1, -0.05) is 0 Å². The Balaban J connectivity index is 1.59. The van der Waals surface area contributed by atoms with Crippen molar-refractivity contribution in [2.75, 3.05) is 26.2 Å². The lowest BCUT2D eigenvalue weighted by molar-refractivity contribution is -0.140. The van der Waals surface area contributed by atoms with Gasteiger partial charge in [0.15, 0.2) is 0 Å². The largest absolute Gasteiger partial charge is 0.481 e. The van der Waals surface area contributed by atoms with Crippen molar-refractivity contribution in [1.82, 2.24) is 9.80 Å². The highest BCUT2D eigenvalue weighted by molar-refractivity contribution is 5.81. The number of carboxylic acids is 1. The van der Waals surface area contributed by atoms with Gasteiger partial charge in [-0.05, 0) is 63.5 Å². The zero-order valence-corrected chi connectivity index (χ0v) is 14.7. The number of rotatable bonds is 7. The Morgan fingerprint density at radius 1 is 1.04 bits per heavy atom. The first-order chi connectivity index (χ1) is 12.0. The number of likely N-dealkylation sites (tertiary alicyclic amines) is 2. The van der Waals surface area contributed by atoms with Gasteiger partial charge in [0, 0.05) is 25.4 Å². The molecule has 7 heteroatoms. The first-order valence-corrected chi connectivity index (χ1v) is 9.49. The number of nitrogens with zero attached hydrogens (tertiary/aromatic N) is 2. The lowest BCUT2D eigenvalue weighted by Gasteiger charge is -2.39. The number of carboxylic acid groups (broad SMARTS) is 1. The van der Waals surface area contributed by atoms with Crippen molar-refractivity contribution in [3.05, 3.63) is 0 Å². The first kappa shape index (κ1) is 18.2. The minimum Gasteiger partial charge on any atom is -0.481 e. The van der Waals surface area contributed by atoms with Gasteiger partial charge in [-0.15, -0.1) is 0 Å². The van der Waals surface area contributed by atoms with E-state index in [-0.39, 0.29) is 42.0 Å². The normalized spacial score (nSPS) is 30.4. The summed E-state index contributed by atoms with van der Waals surface area (Å²) in [4.78, 5) is 39.2. The number of piperidine rings is 1. The molecule has 2 aliphatic heterocycles. The Bertz CT molecular complexity index is 534. The second kappa shape index (κ2) is 7.72. The number of primary amides is 1. The molecule has 0 aromatic rings. The molecule has 2 amide bonds.